The van der Waals surface area contributed by atoms with Crippen LogP contribution in [-0.4, -0.2) is 36.2 Å². The van der Waals surface area contributed by atoms with Crippen LogP contribution in [0.2, 0.25) is 0 Å². The zero-order chi connectivity index (χ0) is 17.4. The predicted octanol–water partition coefficient (Wildman–Crippen LogP) is 2.93. The first-order valence-electron chi connectivity index (χ1n) is 8.59. The Morgan fingerprint density at radius 1 is 1.29 bits per heavy atom. The Morgan fingerprint density at radius 2 is 2.00 bits per heavy atom. The number of esters is 1. The van der Waals surface area contributed by atoms with E-state index in [0.29, 0.717) is 26.0 Å². The van der Waals surface area contributed by atoms with Gasteiger partial charge in [0.15, 0.2) is 0 Å². The SMILES string of the molecule is CCN(C(=O)[C@H]1CC(=O)O[C@@]12CCOC(C)(C)C2)c1ccccc1. The third-order valence-electron chi connectivity index (χ3n) is 5.01. The summed E-state index contributed by atoms with van der Waals surface area (Å²) in [7, 11) is 0. The summed E-state index contributed by atoms with van der Waals surface area (Å²) in [6, 6.07) is 9.58. The molecule has 1 aromatic rings. The van der Waals surface area contributed by atoms with Gasteiger partial charge in [0.1, 0.15) is 5.60 Å². The molecule has 1 spiro atoms. The van der Waals surface area contributed by atoms with E-state index in [-0.39, 0.29) is 18.3 Å². The summed E-state index contributed by atoms with van der Waals surface area (Å²) < 4.78 is 11.5. The van der Waals surface area contributed by atoms with Crippen LogP contribution in [0.4, 0.5) is 5.69 Å². The number of carbonyl (C=O) groups is 2. The summed E-state index contributed by atoms with van der Waals surface area (Å²) in [4.78, 5) is 27.1. The van der Waals surface area contributed by atoms with Crippen molar-refractivity contribution in [1.29, 1.82) is 0 Å². The number of carbonyl (C=O) groups excluding carboxylic acids is 2. The van der Waals surface area contributed by atoms with Crippen LogP contribution in [0, 0.1) is 5.92 Å². The van der Waals surface area contributed by atoms with Gasteiger partial charge < -0.3 is 14.4 Å². The van der Waals surface area contributed by atoms with E-state index in [1.54, 1.807) is 4.90 Å². The Morgan fingerprint density at radius 3 is 2.62 bits per heavy atom. The van der Waals surface area contributed by atoms with Gasteiger partial charge in [-0.3, -0.25) is 9.59 Å². The molecule has 3 rings (SSSR count). The Hall–Kier alpha value is -1.88. The van der Waals surface area contributed by atoms with E-state index >= 15 is 0 Å². The number of para-hydroxylation sites is 1. The van der Waals surface area contributed by atoms with Crippen molar-refractivity contribution in [1.82, 2.24) is 0 Å². The molecule has 1 amide bonds. The Bertz CT molecular complexity index is 628. The molecule has 2 heterocycles. The second-order valence-electron chi connectivity index (χ2n) is 7.25. The fourth-order valence-electron chi connectivity index (χ4n) is 4.01. The topological polar surface area (TPSA) is 55.8 Å². The van der Waals surface area contributed by atoms with E-state index in [1.807, 2.05) is 51.1 Å². The normalized spacial score (nSPS) is 28.6. The number of hydrogen-bond acceptors (Lipinski definition) is 4. The second kappa shape index (κ2) is 6.20. The minimum absolute atomic E-state index is 0.0350. The highest BCUT2D eigenvalue weighted by Crippen LogP contribution is 2.46. The van der Waals surface area contributed by atoms with Crippen molar-refractivity contribution in [3.63, 3.8) is 0 Å². The summed E-state index contributed by atoms with van der Waals surface area (Å²) in [5, 5.41) is 0. The Kier molecular flexibility index (Phi) is 4.38. The van der Waals surface area contributed by atoms with Crippen LogP contribution in [-0.2, 0) is 19.1 Å². The molecule has 0 aliphatic carbocycles. The van der Waals surface area contributed by atoms with Gasteiger partial charge in [-0.15, -0.1) is 0 Å². The van der Waals surface area contributed by atoms with E-state index < -0.39 is 17.1 Å². The molecule has 2 fully saturated rings. The standard InChI is InChI=1S/C19H25NO4/c1-4-20(14-8-6-5-7-9-14)17(22)15-12-16(21)24-19(15)10-11-23-18(2,3)13-19/h5-9,15H,4,10-13H2,1-3H3/t15-,19-/m1/s1. The molecule has 1 aromatic carbocycles. The van der Waals surface area contributed by atoms with Gasteiger partial charge >= 0.3 is 5.97 Å². The van der Waals surface area contributed by atoms with Crippen molar-refractivity contribution < 1.29 is 19.1 Å². The summed E-state index contributed by atoms with van der Waals surface area (Å²) in [6.07, 6.45) is 1.28. The minimum atomic E-state index is -0.738. The molecule has 0 N–H and O–H groups in total. The molecule has 0 bridgehead atoms. The van der Waals surface area contributed by atoms with Crippen molar-refractivity contribution in [3.05, 3.63) is 30.3 Å². The van der Waals surface area contributed by atoms with E-state index in [1.165, 1.54) is 0 Å². The van der Waals surface area contributed by atoms with Crippen molar-refractivity contribution >= 4 is 17.6 Å². The van der Waals surface area contributed by atoms with Gasteiger partial charge in [-0.2, -0.15) is 0 Å². The molecular formula is C19H25NO4. The van der Waals surface area contributed by atoms with Crippen LogP contribution in [0.1, 0.15) is 40.0 Å². The fraction of sp³-hybridized carbons (Fsp3) is 0.579. The predicted molar refractivity (Wildman–Crippen MR) is 90.7 cm³/mol. The highest BCUT2D eigenvalue weighted by Gasteiger charge is 2.57. The lowest BCUT2D eigenvalue weighted by molar-refractivity contribution is -0.179. The summed E-state index contributed by atoms with van der Waals surface area (Å²) >= 11 is 0. The zero-order valence-electron chi connectivity index (χ0n) is 14.6. The van der Waals surface area contributed by atoms with Crippen molar-refractivity contribution in [2.24, 2.45) is 5.92 Å². The lowest BCUT2D eigenvalue weighted by Crippen LogP contribution is -2.53. The molecule has 0 radical (unpaired) electrons. The fourth-order valence-corrected chi connectivity index (χ4v) is 4.01. The van der Waals surface area contributed by atoms with Gasteiger partial charge in [-0.25, -0.2) is 0 Å². The van der Waals surface area contributed by atoms with E-state index in [4.69, 9.17) is 9.47 Å². The van der Waals surface area contributed by atoms with Gasteiger partial charge in [0.05, 0.1) is 24.5 Å². The molecule has 0 unspecified atom stereocenters. The smallest absolute Gasteiger partial charge is 0.307 e. The van der Waals surface area contributed by atoms with Crippen LogP contribution >= 0.6 is 0 Å². The first-order valence-corrected chi connectivity index (χ1v) is 8.59. The van der Waals surface area contributed by atoms with Gasteiger partial charge in [0.2, 0.25) is 5.91 Å². The van der Waals surface area contributed by atoms with E-state index in [9.17, 15) is 9.59 Å². The molecular weight excluding hydrogens is 306 g/mol. The molecule has 5 nitrogen and oxygen atoms in total. The van der Waals surface area contributed by atoms with Crippen molar-refractivity contribution in [2.75, 3.05) is 18.1 Å². The molecule has 24 heavy (non-hydrogen) atoms. The maximum absolute atomic E-state index is 13.3. The quantitative estimate of drug-likeness (QED) is 0.799. The number of ether oxygens (including phenoxy) is 2. The largest absolute Gasteiger partial charge is 0.458 e. The average molecular weight is 331 g/mol. The van der Waals surface area contributed by atoms with Crippen LogP contribution < -0.4 is 4.90 Å². The lowest BCUT2D eigenvalue weighted by atomic mass is 9.75. The number of anilines is 1. The van der Waals surface area contributed by atoms with Crippen LogP contribution in [0.3, 0.4) is 0 Å². The molecule has 130 valence electrons. The van der Waals surface area contributed by atoms with Crippen LogP contribution in [0.5, 0.6) is 0 Å². The molecule has 0 aromatic heterocycles. The van der Waals surface area contributed by atoms with Crippen molar-refractivity contribution in [3.8, 4) is 0 Å². The number of nitrogens with zero attached hydrogens (tertiary/aromatic N) is 1. The first kappa shape index (κ1) is 17.0. The number of hydrogen-bond donors (Lipinski definition) is 0. The minimum Gasteiger partial charge on any atom is -0.458 e. The third kappa shape index (κ3) is 3.05. The van der Waals surface area contributed by atoms with Gasteiger partial charge in [0.25, 0.3) is 0 Å². The first-order chi connectivity index (χ1) is 11.4. The average Bonchev–Trinajstić information content (AvgIpc) is 2.83. The second-order valence-corrected chi connectivity index (χ2v) is 7.25. The maximum Gasteiger partial charge on any atom is 0.307 e. The summed E-state index contributed by atoms with van der Waals surface area (Å²) in [6.45, 7) is 6.97. The van der Waals surface area contributed by atoms with Crippen LogP contribution in [0.25, 0.3) is 0 Å². The molecule has 0 saturated carbocycles. The highest BCUT2D eigenvalue weighted by molar-refractivity contribution is 5.98. The monoisotopic (exact) mass is 331 g/mol. The lowest BCUT2D eigenvalue weighted by Gasteiger charge is -2.44. The molecule has 2 aliphatic rings. The van der Waals surface area contributed by atoms with Gasteiger partial charge in [-0.1, -0.05) is 18.2 Å². The van der Waals surface area contributed by atoms with E-state index in [2.05, 4.69) is 0 Å². The van der Waals surface area contributed by atoms with Gasteiger partial charge in [0, 0.05) is 25.1 Å². The molecule has 2 aliphatic heterocycles. The van der Waals surface area contributed by atoms with Gasteiger partial charge in [-0.05, 0) is 32.9 Å². The number of benzene rings is 1. The van der Waals surface area contributed by atoms with E-state index in [0.717, 1.165) is 5.69 Å². The van der Waals surface area contributed by atoms with Crippen LogP contribution in [0.15, 0.2) is 30.3 Å². The van der Waals surface area contributed by atoms with Crippen molar-refractivity contribution in [2.45, 2.75) is 51.2 Å². The molecule has 5 heteroatoms. The highest BCUT2D eigenvalue weighted by atomic mass is 16.6. The Labute approximate surface area is 142 Å². The summed E-state index contributed by atoms with van der Waals surface area (Å²) in [5.74, 6) is -0.768. The third-order valence-corrected chi connectivity index (χ3v) is 5.01. The number of amides is 1. The molecule has 2 atom stereocenters. The summed E-state index contributed by atoms with van der Waals surface area (Å²) in [5.41, 5.74) is -0.283. The Balaban J connectivity index is 1.91. The number of rotatable bonds is 3. The maximum atomic E-state index is 13.3. The zero-order valence-corrected chi connectivity index (χ0v) is 14.6. The molecule has 2 saturated heterocycles.